The third-order valence-electron chi connectivity index (χ3n) is 5.63. The van der Waals surface area contributed by atoms with E-state index in [1.807, 2.05) is 25.5 Å². The molecular weight excluding hydrogens is 384 g/mol. The largest absolute Gasteiger partial charge is 0.388 e. The second-order valence-corrected chi connectivity index (χ2v) is 7.85. The summed E-state index contributed by atoms with van der Waals surface area (Å²) in [5.74, 6) is 1.32. The van der Waals surface area contributed by atoms with Crippen molar-refractivity contribution in [2.75, 3.05) is 17.7 Å². The van der Waals surface area contributed by atoms with Gasteiger partial charge in [0.05, 0.1) is 29.1 Å². The number of pyridine rings is 2. The normalized spacial score (nSPS) is 13.2. The Morgan fingerprint density at radius 2 is 1.90 bits per heavy atom. The highest BCUT2D eigenvalue weighted by atomic mass is 14.9. The summed E-state index contributed by atoms with van der Waals surface area (Å²) in [6, 6.07) is 10.3. The molecule has 3 heterocycles. The van der Waals surface area contributed by atoms with E-state index in [9.17, 15) is 0 Å². The van der Waals surface area contributed by atoms with Crippen LogP contribution in [0.3, 0.4) is 0 Å². The maximum Gasteiger partial charge on any atom is 0.138 e. The van der Waals surface area contributed by atoms with Gasteiger partial charge in [0.2, 0.25) is 0 Å². The predicted molar refractivity (Wildman–Crippen MR) is 127 cm³/mol. The highest BCUT2D eigenvalue weighted by molar-refractivity contribution is 5.88. The summed E-state index contributed by atoms with van der Waals surface area (Å²) in [4.78, 5) is 16.6. The van der Waals surface area contributed by atoms with Crippen molar-refractivity contribution < 1.29 is 0 Å². The Labute approximate surface area is 181 Å². The van der Waals surface area contributed by atoms with Crippen LogP contribution in [0.1, 0.15) is 24.2 Å². The van der Waals surface area contributed by atoms with Gasteiger partial charge in [-0.2, -0.15) is 0 Å². The molecule has 5 rings (SSSR count). The van der Waals surface area contributed by atoms with Crippen molar-refractivity contribution in [2.45, 2.75) is 12.8 Å². The average Bonchev–Trinajstić information content (AvgIpc) is 3.57. The molecule has 1 saturated carbocycles. The van der Waals surface area contributed by atoms with E-state index in [1.165, 1.54) is 12.8 Å². The highest BCUT2D eigenvalue weighted by Crippen LogP contribution is 2.36. The number of H-pyrrole nitrogens is 1. The van der Waals surface area contributed by atoms with Gasteiger partial charge in [0.25, 0.3) is 0 Å². The lowest BCUT2D eigenvalue weighted by atomic mass is 9.98. The van der Waals surface area contributed by atoms with Gasteiger partial charge in [-0.1, -0.05) is 19.2 Å². The number of nitrogens with zero attached hydrogens (tertiary/aromatic N) is 3. The minimum atomic E-state index is 0.590. The Hall–Kier alpha value is -3.93. The third-order valence-corrected chi connectivity index (χ3v) is 5.63. The summed E-state index contributed by atoms with van der Waals surface area (Å²) in [7, 11) is 1.91. The zero-order valence-corrected chi connectivity index (χ0v) is 17.4. The molecule has 1 aromatic carbocycles. The van der Waals surface area contributed by atoms with Gasteiger partial charge in [-0.05, 0) is 48.6 Å². The summed E-state index contributed by atoms with van der Waals surface area (Å²) in [6.45, 7) is 8.48. The van der Waals surface area contributed by atoms with Crippen LogP contribution in [0.2, 0.25) is 0 Å². The van der Waals surface area contributed by atoms with Crippen LogP contribution in [0.5, 0.6) is 0 Å². The van der Waals surface area contributed by atoms with Crippen molar-refractivity contribution in [3.05, 3.63) is 85.4 Å². The number of aromatic nitrogens is 4. The van der Waals surface area contributed by atoms with Crippen molar-refractivity contribution in [1.29, 1.82) is 0 Å². The van der Waals surface area contributed by atoms with Crippen LogP contribution in [0.25, 0.3) is 27.7 Å². The molecule has 0 bridgehead atoms. The van der Waals surface area contributed by atoms with Crippen molar-refractivity contribution in [3.8, 4) is 11.1 Å². The molecule has 0 atom stereocenters. The van der Waals surface area contributed by atoms with Crippen LogP contribution in [-0.4, -0.2) is 27.0 Å². The number of aromatic amines is 1. The van der Waals surface area contributed by atoms with Crippen LogP contribution >= 0.6 is 0 Å². The molecule has 3 N–H and O–H groups in total. The van der Waals surface area contributed by atoms with Crippen molar-refractivity contribution in [2.24, 2.45) is 5.92 Å². The van der Waals surface area contributed by atoms with Gasteiger partial charge >= 0.3 is 0 Å². The van der Waals surface area contributed by atoms with E-state index in [0.717, 1.165) is 56.2 Å². The molecule has 31 heavy (non-hydrogen) atoms. The minimum Gasteiger partial charge on any atom is -0.388 e. The molecule has 1 aliphatic carbocycles. The Morgan fingerprint density at radius 1 is 1.03 bits per heavy atom. The molecule has 0 unspecified atom stereocenters. The van der Waals surface area contributed by atoms with Crippen LogP contribution in [-0.2, 0) is 0 Å². The van der Waals surface area contributed by atoms with E-state index < -0.39 is 0 Å². The fraction of sp³-hybridized carbons (Fsp3) is 0.160. The van der Waals surface area contributed by atoms with Crippen LogP contribution in [0.15, 0.2) is 74.0 Å². The molecule has 0 amide bonds. The predicted octanol–water partition coefficient (Wildman–Crippen LogP) is 5.46. The summed E-state index contributed by atoms with van der Waals surface area (Å²) < 4.78 is 0. The Morgan fingerprint density at radius 3 is 2.68 bits per heavy atom. The minimum absolute atomic E-state index is 0.590. The summed E-state index contributed by atoms with van der Waals surface area (Å²) in [5.41, 5.74) is 8.64. The Kier molecular flexibility index (Phi) is 4.75. The molecule has 0 spiro atoms. The van der Waals surface area contributed by atoms with E-state index >= 15 is 0 Å². The summed E-state index contributed by atoms with van der Waals surface area (Å²) in [6.07, 6.45) is 9.65. The molecule has 0 aliphatic heterocycles. The van der Waals surface area contributed by atoms with E-state index in [2.05, 4.69) is 68.0 Å². The quantitative estimate of drug-likeness (QED) is 0.378. The number of nitrogens with one attached hydrogen (secondary N) is 3. The van der Waals surface area contributed by atoms with Crippen molar-refractivity contribution in [1.82, 2.24) is 19.9 Å². The van der Waals surface area contributed by atoms with Crippen LogP contribution < -0.4 is 10.6 Å². The molecule has 1 aliphatic rings. The Balaban J connectivity index is 1.49. The molecule has 3 aromatic heterocycles. The highest BCUT2D eigenvalue weighted by Gasteiger charge is 2.24. The van der Waals surface area contributed by atoms with Gasteiger partial charge in [0, 0.05) is 47.5 Å². The Bertz CT molecular complexity index is 1270. The lowest BCUT2D eigenvalue weighted by Crippen LogP contribution is -2.00. The zero-order valence-electron chi connectivity index (χ0n) is 17.4. The zero-order chi connectivity index (χ0) is 21.4. The van der Waals surface area contributed by atoms with Gasteiger partial charge in [-0.3, -0.25) is 9.97 Å². The van der Waals surface area contributed by atoms with Gasteiger partial charge in [-0.15, -0.1) is 0 Å². The number of rotatable bonds is 7. The number of allylic oxidation sites excluding steroid dienone is 1. The first-order valence-corrected chi connectivity index (χ1v) is 10.3. The first-order chi connectivity index (χ1) is 15.1. The number of imidazole rings is 1. The van der Waals surface area contributed by atoms with Gasteiger partial charge in [0.15, 0.2) is 0 Å². The van der Waals surface area contributed by atoms with Crippen molar-refractivity contribution >= 4 is 28.0 Å². The van der Waals surface area contributed by atoms with E-state index in [1.54, 1.807) is 12.4 Å². The fourth-order valence-electron chi connectivity index (χ4n) is 3.70. The van der Waals surface area contributed by atoms with Gasteiger partial charge < -0.3 is 15.6 Å². The topological polar surface area (TPSA) is 78.5 Å². The summed E-state index contributed by atoms with van der Waals surface area (Å²) >= 11 is 0. The first-order valence-electron chi connectivity index (χ1n) is 10.3. The third kappa shape index (κ3) is 3.80. The summed E-state index contributed by atoms with van der Waals surface area (Å²) in [5, 5.41) is 6.67. The molecular formula is C25H24N6. The maximum absolute atomic E-state index is 4.68. The number of anilines is 2. The van der Waals surface area contributed by atoms with Crippen LogP contribution in [0, 0.1) is 5.92 Å². The van der Waals surface area contributed by atoms with E-state index in [-0.39, 0.29) is 0 Å². The molecule has 154 valence electrons. The smallest absolute Gasteiger partial charge is 0.138 e. The molecule has 0 radical (unpaired) electrons. The SMILES string of the molecule is C=C(c1nc2ccncc2[nH]1)c1cc(-c2cncc(NC(=C)C3CC3)c2)ccc1NC. The monoisotopic (exact) mass is 408 g/mol. The first kappa shape index (κ1) is 19.1. The fourth-order valence-corrected chi connectivity index (χ4v) is 3.70. The maximum atomic E-state index is 4.68. The molecule has 6 heteroatoms. The average molecular weight is 409 g/mol. The standard InChI is InChI=1S/C25H24N6/c1-15(25-30-23-8-9-27-14-24(23)31-25)21-11-18(6-7-22(21)26-3)19-10-20(13-28-12-19)29-16(2)17-4-5-17/h6-14,17,26,29H,1-2,4-5H2,3H3,(H,30,31). The van der Waals surface area contributed by atoms with Gasteiger partial charge in [0.1, 0.15) is 5.82 Å². The van der Waals surface area contributed by atoms with Gasteiger partial charge in [-0.25, -0.2) is 4.98 Å². The number of hydrogen-bond donors (Lipinski definition) is 3. The molecule has 1 fully saturated rings. The lowest BCUT2D eigenvalue weighted by Gasteiger charge is -2.14. The second kappa shape index (κ2) is 7.72. The van der Waals surface area contributed by atoms with Crippen molar-refractivity contribution in [3.63, 3.8) is 0 Å². The van der Waals surface area contributed by atoms with E-state index in [0.29, 0.717) is 5.92 Å². The lowest BCUT2D eigenvalue weighted by molar-refractivity contribution is 1.02. The molecule has 0 saturated heterocycles. The number of hydrogen-bond acceptors (Lipinski definition) is 5. The second-order valence-electron chi connectivity index (χ2n) is 7.85. The van der Waals surface area contributed by atoms with Crippen LogP contribution in [0.4, 0.5) is 11.4 Å². The molecule has 4 aromatic rings. The number of benzene rings is 1. The van der Waals surface area contributed by atoms with E-state index in [4.69, 9.17) is 0 Å². The number of fused-ring (bicyclic) bond motifs is 1. The molecule has 6 nitrogen and oxygen atoms in total.